The van der Waals surface area contributed by atoms with E-state index in [1.54, 1.807) is 24.5 Å². The highest BCUT2D eigenvalue weighted by Crippen LogP contribution is 2.29. The van der Waals surface area contributed by atoms with Crippen LogP contribution >= 0.6 is 11.8 Å². The van der Waals surface area contributed by atoms with E-state index >= 15 is 0 Å². The number of carbonyl (C=O) groups is 2. The standard InChI is InChI=1S/C12H14N2O3S/c1-8-14(10(7-18-8)12(16)17)11(15)6-9-2-4-13-5-3-9/h2-5,8,10H,6-7H2,1H3,(H,16,17). The summed E-state index contributed by atoms with van der Waals surface area (Å²) in [4.78, 5) is 28.6. The summed E-state index contributed by atoms with van der Waals surface area (Å²) in [6, 6.07) is 2.82. The lowest BCUT2D eigenvalue weighted by atomic mass is 10.1. The molecule has 0 aromatic carbocycles. The first-order valence-corrected chi connectivity index (χ1v) is 6.69. The van der Waals surface area contributed by atoms with E-state index in [1.165, 1.54) is 16.7 Å². The van der Waals surface area contributed by atoms with E-state index in [2.05, 4.69) is 4.98 Å². The summed E-state index contributed by atoms with van der Waals surface area (Å²) in [6.07, 6.45) is 3.47. The minimum absolute atomic E-state index is 0.0829. The number of amides is 1. The van der Waals surface area contributed by atoms with Crippen LogP contribution in [-0.2, 0) is 16.0 Å². The molecule has 1 fully saturated rings. The maximum atomic E-state index is 12.2. The van der Waals surface area contributed by atoms with Gasteiger partial charge in [0.05, 0.1) is 11.8 Å². The van der Waals surface area contributed by atoms with E-state index in [1.807, 2.05) is 6.92 Å². The van der Waals surface area contributed by atoms with Gasteiger partial charge in [0.2, 0.25) is 5.91 Å². The number of hydrogen-bond donors (Lipinski definition) is 1. The number of pyridine rings is 1. The second kappa shape index (κ2) is 5.39. The van der Waals surface area contributed by atoms with Gasteiger partial charge in [-0.3, -0.25) is 9.78 Å². The van der Waals surface area contributed by atoms with Crippen LogP contribution in [0.15, 0.2) is 24.5 Å². The van der Waals surface area contributed by atoms with Gasteiger partial charge in [-0.2, -0.15) is 0 Å². The molecule has 1 aromatic heterocycles. The molecule has 1 N–H and O–H groups in total. The largest absolute Gasteiger partial charge is 0.480 e. The second-order valence-electron chi connectivity index (χ2n) is 4.12. The summed E-state index contributed by atoms with van der Waals surface area (Å²) in [7, 11) is 0. The van der Waals surface area contributed by atoms with Crippen LogP contribution in [0.25, 0.3) is 0 Å². The van der Waals surface area contributed by atoms with Crippen LogP contribution in [0.4, 0.5) is 0 Å². The lowest BCUT2D eigenvalue weighted by molar-refractivity contribution is -0.148. The molecule has 0 radical (unpaired) electrons. The predicted molar refractivity (Wildman–Crippen MR) is 68.1 cm³/mol. The van der Waals surface area contributed by atoms with Crippen molar-refractivity contribution in [1.82, 2.24) is 9.88 Å². The lowest BCUT2D eigenvalue weighted by Gasteiger charge is -2.25. The fraction of sp³-hybridized carbons (Fsp3) is 0.417. The van der Waals surface area contributed by atoms with E-state index in [0.717, 1.165) is 5.56 Å². The Labute approximate surface area is 109 Å². The Morgan fingerprint density at radius 3 is 2.78 bits per heavy atom. The molecule has 5 nitrogen and oxygen atoms in total. The molecule has 2 rings (SSSR count). The summed E-state index contributed by atoms with van der Waals surface area (Å²) in [5.74, 6) is -0.625. The first-order chi connectivity index (χ1) is 8.59. The molecule has 0 bridgehead atoms. The summed E-state index contributed by atoms with van der Waals surface area (Å²) < 4.78 is 0. The molecule has 2 heterocycles. The van der Waals surface area contributed by atoms with Gasteiger partial charge in [-0.25, -0.2) is 4.79 Å². The van der Waals surface area contributed by atoms with Crippen LogP contribution in [0.3, 0.4) is 0 Å². The van der Waals surface area contributed by atoms with Crippen molar-refractivity contribution in [2.45, 2.75) is 24.8 Å². The Balaban J connectivity index is 2.10. The average Bonchev–Trinajstić information content (AvgIpc) is 2.72. The van der Waals surface area contributed by atoms with Crippen LogP contribution in [0, 0.1) is 0 Å². The van der Waals surface area contributed by atoms with Gasteiger partial charge >= 0.3 is 5.97 Å². The normalized spacial score (nSPS) is 23.1. The highest BCUT2D eigenvalue weighted by Gasteiger charge is 2.39. The molecule has 0 aliphatic carbocycles. The molecule has 0 saturated carbocycles. The van der Waals surface area contributed by atoms with Crippen LogP contribution < -0.4 is 0 Å². The third-order valence-corrected chi connectivity index (χ3v) is 4.12. The number of carboxylic acid groups (broad SMARTS) is 1. The van der Waals surface area contributed by atoms with Gasteiger partial charge in [0.1, 0.15) is 6.04 Å². The van der Waals surface area contributed by atoms with Crippen molar-refractivity contribution >= 4 is 23.6 Å². The zero-order valence-electron chi connectivity index (χ0n) is 9.94. The zero-order valence-corrected chi connectivity index (χ0v) is 10.8. The maximum Gasteiger partial charge on any atom is 0.327 e. The molecule has 1 aliphatic rings. The monoisotopic (exact) mass is 266 g/mol. The van der Waals surface area contributed by atoms with Crippen molar-refractivity contribution in [2.24, 2.45) is 0 Å². The van der Waals surface area contributed by atoms with E-state index < -0.39 is 12.0 Å². The van der Waals surface area contributed by atoms with Crippen LogP contribution in [0.2, 0.25) is 0 Å². The Hall–Kier alpha value is -1.56. The molecule has 1 amide bonds. The van der Waals surface area contributed by atoms with Gasteiger partial charge in [-0.1, -0.05) is 0 Å². The molecule has 1 aromatic rings. The fourth-order valence-electron chi connectivity index (χ4n) is 1.98. The molecular weight excluding hydrogens is 252 g/mol. The quantitative estimate of drug-likeness (QED) is 0.883. The van der Waals surface area contributed by atoms with E-state index in [0.29, 0.717) is 5.75 Å². The summed E-state index contributed by atoms with van der Waals surface area (Å²) in [5.41, 5.74) is 0.850. The molecule has 0 spiro atoms. The van der Waals surface area contributed by atoms with Gasteiger partial charge < -0.3 is 10.0 Å². The third kappa shape index (κ3) is 2.64. The van der Waals surface area contributed by atoms with Crippen LogP contribution in [0.1, 0.15) is 12.5 Å². The maximum absolute atomic E-state index is 12.2. The van der Waals surface area contributed by atoms with Crippen LogP contribution in [-0.4, -0.2) is 44.0 Å². The first kappa shape index (κ1) is 12.9. The number of carboxylic acids is 1. The zero-order chi connectivity index (χ0) is 13.1. The minimum Gasteiger partial charge on any atom is -0.480 e. The molecular formula is C12H14N2O3S. The van der Waals surface area contributed by atoms with E-state index in [-0.39, 0.29) is 17.7 Å². The smallest absolute Gasteiger partial charge is 0.327 e. The molecule has 18 heavy (non-hydrogen) atoms. The minimum atomic E-state index is -0.935. The molecule has 2 unspecified atom stereocenters. The highest BCUT2D eigenvalue weighted by molar-refractivity contribution is 8.00. The van der Waals surface area contributed by atoms with Crippen molar-refractivity contribution in [1.29, 1.82) is 0 Å². The van der Waals surface area contributed by atoms with Gasteiger partial charge in [-0.05, 0) is 24.6 Å². The lowest BCUT2D eigenvalue weighted by Crippen LogP contribution is -2.45. The van der Waals surface area contributed by atoms with Gasteiger partial charge in [-0.15, -0.1) is 11.8 Å². The van der Waals surface area contributed by atoms with Crippen molar-refractivity contribution < 1.29 is 14.7 Å². The second-order valence-corrected chi connectivity index (χ2v) is 5.47. The van der Waals surface area contributed by atoms with Crippen LogP contribution in [0.5, 0.6) is 0 Å². The van der Waals surface area contributed by atoms with Gasteiger partial charge in [0.25, 0.3) is 0 Å². The van der Waals surface area contributed by atoms with Crippen molar-refractivity contribution in [3.05, 3.63) is 30.1 Å². The van der Waals surface area contributed by atoms with Gasteiger partial charge in [0, 0.05) is 18.1 Å². The average molecular weight is 266 g/mol. The molecule has 96 valence electrons. The summed E-state index contributed by atoms with van der Waals surface area (Å²) in [5, 5.41) is 9.02. The molecule has 1 aliphatic heterocycles. The highest BCUT2D eigenvalue weighted by atomic mass is 32.2. The van der Waals surface area contributed by atoms with Crippen molar-refractivity contribution in [2.75, 3.05) is 5.75 Å². The third-order valence-electron chi connectivity index (χ3n) is 2.90. The summed E-state index contributed by atoms with van der Waals surface area (Å²) >= 11 is 1.49. The Bertz CT molecular complexity index is 452. The SMILES string of the molecule is CC1SCC(C(=O)O)N1C(=O)Cc1ccncc1. The van der Waals surface area contributed by atoms with Crippen molar-refractivity contribution in [3.8, 4) is 0 Å². The fourth-order valence-corrected chi connectivity index (χ4v) is 3.17. The molecule has 2 atom stereocenters. The topological polar surface area (TPSA) is 70.5 Å². The summed E-state index contributed by atoms with van der Waals surface area (Å²) in [6.45, 7) is 1.86. The number of aliphatic carboxylic acids is 1. The number of carbonyl (C=O) groups excluding carboxylic acids is 1. The molecule has 6 heteroatoms. The number of nitrogens with zero attached hydrogens (tertiary/aromatic N) is 2. The van der Waals surface area contributed by atoms with E-state index in [4.69, 9.17) is 5.11 Å². The number of aromatic nitrogens is 1. The van der Waals surface area contributed by atoms with E-state index in [9.17, 15) is 9.59 Å². The van der Waals surface area contributed by atoms with Gasteiger partial charge in [0.15, 0.2) is 0 Å². The molecule has 1 saturated heterocycles. The van der Waals surface area contributed by atoms with Crippen molar-refractivity contribution in [3.63, 3.8) is 0 Å². The Morgan fingerprint density at radius 1 is 1.50 bits per heavy atom. The first-order valence-electron chi connectivity index (χ1n) is 5.64. The number of hydrogen-bond acceptors (Lipinski definition) is 4. The predicted octanol–water partition coefficient (Wildman–Crippen LogP) is 0.999. The Morgan fingerprint density at radius 2 is 2.17 bits per heavy atom. The number of thioether (sulfide) groups is 1. The Kier molecular flexibility index (Phi) is 3.86. The number of rotatable bonds is 3.